The lowest BCUT2D eigenvalue weighted by molar-refractivity contribution is 0.0439. The molecule has 1 aromatic carbocycles. The minimum absolute atomic E-state index is 0.0131. The van der Waals surface area contributed by atoms with Gasteiger partial charge in [-0.3, -0.25) is 9.59 Å². The fourth-order valence-electron chi connectivity index (χ4n) is 3.65. The topological polar surface area (TPSA) is 95.5 Å². The van der Waals surface area contributed by atoms with Crippen LogP contribution in [-0.4, -0.2) is 52.2 Å². The minimum Gasteiger partial charge on any atom is -0.493 e. The first-order valence-corrected chi connectivity index (χ1v) is 7.79. The molecule has 0 spiro atoms. The van der Waals surface area contributed by atoms with Gasteiger partial charge in [0, 0.05) is 25.2 Å². The van der Waals surface area contributed by atoms with Crippen molar-refractivity contribution in [1.29, 1.82) is 0 Å². The number of benzene rings is 1. The number of para-hydroxylation sites is 1. The van der Waals surface area contributed by atoms with Crippen molar-refractivity contribution in [1.82, 2.24) is 14.9 Å². The van der Waals surface area contributed by atoms with E-state index in [9.17, 15) is 14.7 Å². The zero-order valence-corrected chi connectivity index (χ0v) is 12.9. The molecule has 0 radical (unpaired) electrons. The van der Waals surface area contributed by atoms with E-state index in [0.29, 0.717) is 19.7 Å². The number of aliphatic hydroxyl groups is 1. The molecule has 1 saturated heterocycles. The molecule has 2 aromatic rings. The zero-order chi connectivity index (χ0) is 16.7. The number of likely N-dealkylation sites (tertiary alicyclic amines) is 1. The zero-order valence-electron chi connectivity index (χ0n) is 12.9. The summed E-state index contributed by atoms with van der Waals surface area (Å²) in [5.41, 5.74) is 0.348. The van der Waals surface area contributed by atoms with Gasteiger partial charge < -0.3 is 19.7 Å². The number of H-pyrrole nitrogens is 1. The second-order valence-electron chi connectivity index (χ2n) is 6.38. The molecule has 24 heavy (non-hydrogen) atoms. The van der Waals surface area contributed by atoms with Crippen molar-refractivity contribution in [3.63, 3.8) is 0 Å². The third-order valence-electron chi connectivity index (χ3n) is 4.95. The lowest BCUT2D eigenvalue weighted by Crippen LogP contribution is -2.42. The summed E-state index contributed by atoms with van der Waals surface area (Å²) >= 11 is 0. The smallest absolute Gasteiger partial charge is 0.274 e. The minimum atomic E-state index is -0.508. The Hall–Kier alpha value is -2.67. The van der Waals surface area contributed by atoms with E-state index in [2.05, 4.69) is 9.97 Å². The van der Waals surface area contributed by atoms with Crippen LogP contribution < -0.4 is 10.3 Å². The first kappa shape index (κ1) is 14.9. The van der Waals surface area contributed by atoms with Crippen molar-refractivity contribution in [2.24, 2.45) is 5.41 Å². The average Bonchev–Trinajstić information content (AvgIpc) is 3.02. The predicted octanol–water partition coefficient (Wildman–Crippen LogP) is 0.381. The first-order valence-electron chi connectivity index (χ1n) is 7.79. The van der Waals surface area contributed by atoms with Gasteiger partial charge in [0.25, 0.3) is 11.5 Å². The molecule has 0 unspecified atom stereocenters. The predicted molar refractivity (Wildman–Crippen MR) is 85.0 cm³/mol. The summed E-state index contributed by atoms with van der Waals surface area (Å²) in [5, 5.41) is 10.0. The Morgan fingerprint density at radius 1 is 1.46 bits per heavy atom. The molecule has 1 aromatic heterocycles. The SMILES string of the molecule is O=C(c1c[nH]c(=O)cn1)N1C[C@@H]2c3ccccc3OC[C@]2(CO)C1. The van der Waals surface area contributed by atoms with Crippen LogP contribution in [-0.2, 0) is 0 Å². The maximum Gasteiger partial charge on any atom is 0.274 e. The fraction of sp³-hybridized carbons (Fsp3) is 0.353. The molecule has 2 aliphatic rings. The highest BCUT2D eigenvalue weighted by atomic mass is 16.5. The number of aliphatic hydroxyl groups excluding tert-OH is 1. The van der Waals surface area contributed by atoms with Crippen molar-refractivity contribution in [3.8, 4) is 5.75 Å². The molecule has 0 aliphatic carbocycles. The third-order valence-corrected chi connectivity index (χ3v) is 4.95. The van der Waals surface area contributed by atoms with Crippen molar-refractivity contribution in [3.05, 3.63) is 58.3 Å². The van der Waals surface area contributed by atoms with Crippen LogP contribution in [0.15, 0.2) is 41.5 Å². The average molecular weight is 327 g/mol. The van der Waals surface area contributed by atoms with Crippen molar-refractivity contribution in [2.45, 2.75) is 5.92 Å². The van der Waals surface area contributed by atoms with Crippen LogP contribution >= 0.6 is 0 Å². The number of hydrogen-bond acceptors (Lipinski definition) is 5. The Labute approximate surface area is 137 Å². The number of rotatable bonds is 2. The summed E-state index contributed by atoms with van der Waals surface area (Å²) in [5.74, 6) is 0.563. The number of amides is 1. The van der Waals surface area contributed by atoms with E-state index >= 15 is 0 Å². The van der Waals surface area contributed by atoms with Gasteiger partial charge in [-0.15, -0.1) is 0 Å². The van der Waals surface area contributed by atoms with Gasteiger partial charge in [0.1, 0.15) is 11.4 Å². The van der Waals surface area contributed by atoms with Crippen LogP contribution in [0.1, 0.15) is 22.0 Å². The summed E-state index contributed by atoms with van der Waals surface area (Å²) in [6.45, 7) is 1.19. The number of nitrogens with one attached hydrogen (secondary N) is 1. The van der Waals surface area contributed by atoms with Gasteiger partial charge in [0.2, 0.25) is 0 Å². The van der Waals surface area contributed by atoms with Crippen LogP contribution in [0.2, 0.25) is 0 Å². The maximum atomic E-state index is 12.7. The van der Waals surface area contributed by atoms with Gasteiger partial charge >= 0.3 is 0 Å². The van der Waals surface area contributed by atoms with Crippen LogP contribution in [0.25, 0.3) is 0 Å². The second kappa shape index (κ2) is 5.45. The molecule has 0 bridgehead atoms. The molecule has 1 amide bonds. The van der Waals surface area contributed by atoms with Crippen LogP contribution in [0, 0.1) is 5.41 Å². The number of nitrogens with zero attached hydrogens (tertiary/aromatic N) is 2. The lowest BCUT2D eigenvalue weighted by atomic mass is 9.74. The molecule has 4 rings (SSSR count). The molecule has 2 atom stereocenters. The number of aromatic nitrogens is 2. The standard InChI is InChI=1S/C17H17N3O4/c21-9-17-8-20(16(23)13-5-19-15(22)6-18-13)7-12(17)11-3-1-2-4-14(11)24-10-17/h1-6,12,21H,7-10H2,(H,19,22)/t12-,17-/m1/s1. The number of hydrogen-bond donors (Lipinski definition) is 2. The molecular formula is C17H17N3O4. The Kier molecular flexibility index (Phi) is 3.38. The van der Waals surface area contributed by atoms with E-state index in [1.807, 2.05) is 24.3 Å². The molecule has 3 heterocycles. The summed E-state index contributed by atoms with van der Waals surface area (Å²) in [4.78, 5) is 31.8. The van der Waals surface area contributed by atoms with E-state index in [0.717, 1.165) is 17.5 Å². The normalized spacial score (nSPS) is 24.9. The molecular weight excluding hydrogens is 310 g/mol. The monoisotopic (exact) mass is 327 g/mol. The molecule has 7 nitrogen and oxygen atoms in total. The quantitative estimate of drug-likeness (QED) is 0.831. The number of aromatic amines is 1. The summed E-state index contributed by atoms with van der Waals surface area (Å²) < 4.78 is 5.82. The van der Waals surface area contributed by atoms with Crippen molar-refractivity contribution >= 4 is 5.91 Å². The summed E-state index contributed by atoms with van der Waals surface area (Å²) in [7, 11) is 0. The van der Waals surface area contributed by atoms with E-state index in [4.69, 9.17) is 4.74 Å². The van der Waals surface area contributed by atoms with Crippen molar-refractivity contribution in [2.75, 3.05) is 26.3 Å². The highest BCUT2D eigenvalue weighted by Crippen LogP contribution is 2.49. The summed E-state index contributed by atoms with van der Waals surface area (Å²) in [6.07, 6.45) is 2.42. The number of carbonyl (C=O) groups is 1. The van der Waals surface area contributed by atoms with E-state index < -0.39 is 5.41 Å². The Morgan fingerprint density at radius 3 is 3.04 bits per heavy atom. The lowest BCUT2D eigenvalue weighted by Gasteiger charge is -2.37. The second-order valence-corrected chi connectivity index (χ2v) is 6.38. The van der Waals surface area contributed by atoms with Gasteiger partial charge in [0.15, 0.2) is 0 Å². The summed E-state index contributed by atoms with van der Waals surface area (Å²) in [6, 6.07) is 7.73. The Bertz CT molecular complexity index is 829. The Morgan fingerprint density at radius 2 is 2.29 bits per heavy atom. The molecule has 7 heteroatoms. The van der Waals surface area contributed by atoms with Gasteiger partial charge in [-0.25, -0.2) is 4.98 Å². The first-order chi connectivity index (χ1) is 11.6. The van der Waals surface area contributed by atoms with Gasteiger partial charge in [0.05, 0.1) is 24.8 Å². The highest BCUT2D eigenvalue weighted by Gasteiger charge is 2.52. The highest BCUT2D eigenvalue weighted by molar-refractivity contribution is 5.92. The molecule has 0 saturated carbocycles. The molecule has 1 fully saturated rings. The molecule has 124 valence electrons. The van der Waals surface area contributed by atoms with Crippen LogP contribution in [0.5, 0.6) is 5.75 Å². The molecule has 2 aliphatic heterocycles. The van der Waals surface area contributed by atoms with Gasteiger partial charge in [-0.2, -0.15) is 0 Å². The largest absolute Gasteiger partial charge is 0.493 e. The van der Waals surface area contributed by atoms with E-state index in [1.165, 1.54) is 6.20 Å². The van der Waals surface area contributed by atoms with Gasteiger partial charge in [-0.05, 0) is 11.6 Å². The fourth-order valence-corrected chi connectivity index (χ4v) is 3.65. The van der Waals surface area contributed by atoms with Crippen LogP contribution in [0.4, 0.5) is 0 Å². The van der Waals surface area contributed by atoms with Gasteiger partial charge in [-0.1, -0.05) is 18.2 Å². The number of ether oxygens (including phenoxy) is 1. The van der Waals surface area contributed by atoms with Crippen molar-refractivity contribution < 1.29 is 14.6 Å². The van der Waals surface area contributed by atoms with E-state index in [-0.39, 0.29) is 29.7 Å². The van der Waals surface area contributed by atoms with Crippen LogP contribution in [0.3, 0.4) is 0 Å². The number of carbonyl (C=O) groups excluding carboxylic acids is 1. The maximum absolute atomic E-state index is 12.7. The molecule has 2 N–H and O–H groups in total. The number of fused-ring (bicyclic) bond motifs is 3. The Balaban J connectivity index is 1.67. The van der Waals surface area contributed by atoms with E-state index in [1.54, 1.807) is 4.90 Å². The third kappa shape index (κ3) is 2.20.